The number of nitrogens with zero attached hydrogens (tertiary/aromatic N) is 1. The van der Waals surface area contributed by atoms with E-state index in [-0.39, 0.29) is 16.5 Å². The quantitative estimate of drug-likeness (QED) is 0.278. The highest BCUT2D eigenvalue weighted by Crippen LogP contribution is 2.37. The zero-order chi connectivity index (χ0) is 22.7. The predicted octanol–water partition coefficient (Wildman–Crippen LogP) is 6.31. The number of aromatic nitrogens is 2. The Hall–Kier alpha value is -4.06. The van der Waals surface area contributed by atoms with Crippen LogP contribution < -0.4 is 0 Å². The fourth-order valence-corrected chi connectivity index (χ4v) is 3.81. The summed E-state index contributed by atoms with van der Waals surface area (Å²) >= 11 is 0. The lowest BCUT2D eigenvalue weighted by Gasteiger charge is -2.17. The van der Waals surface area contributed by atoms with Gasteiger partial charge in [-0.2, -0.15) is 4.39 Å². The maximum Gasteiger partial charge on any atom is 0.328 e. The van der Waals surface area contributed by atoms with Crippen molar-refractivity contribution in [2.45, 2.75) is 13.3 Å². The predicted molar refractivity (Wildman–Crippen MR) is 122 cm³/mol. The molecule has 1 heterocycles. The van der Waals surface area contributed by atoms with E-state index < -0.39 is 17.7 Å². The number of benzene rings is 3. The topological polar surface area (TPSA) is 66.0 Å². The largest absolute Gasteiger partial charge is 0.478 e. The lowest BCUT2D eigenvalue weighted by molar-refractivity contribution is -0.131. The van der Waals surface area contributed by atoms with Gasteiger partial charge in [-0.25, -0.2) is 9.18 Å². The molecule has 0 unspecified atom stereocenters. The van der Waals surface area contributed by atoms with Crippen molar-refractivity contribution in [3.05, 3.63) is 107 Å². The standard InChI is InChI=1S/C26H20F2N2O2/c1-2-19(17-6-4-3-5-7-17)23(18-11-8-16(9-12-18)10-15-22(31)32)20-13-14-21-24(25(20)27)26(28)30-29-21/h3-15H,2H2,1H3,(H,29,30)(H,31,32). The minimum Gasteiger partial charge on any atom is -0.478 e. The fourth-order valence-electron chi connectivity index (χ4n) is 3.81. The Balaban J connectivity index is 1.96. The van der Waals surface area contributed by atoms with Crippen molar-refractivity contribution in [3.63, 3.8) is 0 Å². The van der Waals surface area contributed by atoms with Crippen LogP contribution in [0.25, 0.3) is 28.1 Å². The third-order valence-electron chi connectivity index (χ3n) is 5.29. The summed E-state index contributed by atoms with van der Waals surface area (Å²) in [5, 5.41) is 14.7. The Kier molecular flexibility index (Phi) is 5.94. The first-order chi connectivity index (χ1) is 15.5. The third kappa shape index (κ3) is 4.07. The minimum absolute atomic E-state index is 0.176. The van der Waals surface area contributed by atoms with E-state index in [1.165, 1.54) is 6.08 Å². The number of allylic oxidation sites excluding steroid dienone is 1. The first kappa shape index (κ1) is 21.2. The number of aliphatic carboxylic acids is 1. The maximum atomic E-state index is 15.6. The van der Waals surface area contributed by atoms with E-state index in [1.807, 2.05) is 49.4 Å². The van der Waals surface area contributed by atoms with Crippen LogP contribution in [-0.4, -0.2) is 21.3 Å². The molecule has 0 amide bonds. The molecular weight excluding hydrogens is 410 g/mol. The summed E-state index contributed by atoms with van der Waals surface area (Å²) in [6.07, 6.45) is 3.16. The number of carboxylic acids is 1. The van der Waals surface area contributed by atoms with E-state index in [1.54, 1.807) is 24.3 Å². The average molecular weight is 430 g/mol. The fraction of sp³-hybridized carbons (Fsp3) is 0.0769. The van der Waals surface area contributed by atoms with Gasteiger partial charge in [0.25, 0.3) is 0 Å². The highest BCUT2D eigenvalue weighted by molar-refractivity contribution is 6.00. The van der Waals surface area contributed by atoms with Gasteiger partial charge in [-0.1, -0.05) is 61.5 Å². The number of hydrogen-bond donors (Lipinski definition) is 2. The number of carboxylic acid groups (broad SMARTS) is 1. The smallest absolute Gasteiger partial charge is 0.328 e. The van der Waals surface area contributed by atoms with E-state index in [4.69, 9.17) is 5.11 Å². The molecule has 3 aromatic carbocycles. The molecule has 0 saturated heterocycles. The van der Waals surface area contributed by atoms with Crippen molar-refractivity contribution >= 4 is 34.1 Å². The first-order valence-corrected chi connectivity index (χ1v) is 10.1. The molecule has 1 aromatic heterocycles. The van der Waals surface area contributed by atoms with Crippen molar-refractivity contribution in [2.75, 3.05) is 0 Å². The maximum absolute atomic E-state index is 15.6. The molecule has 0 atom stereocenters. The van der Waals surface area contributed by atoms with Gasteiger partial charge in [0.2, 0.25) is 5.95 Å². The molecular formula is C26H20F2N2O2. The number of rotatable bonds is 6. The molecule has 4 rings (SSSR count). The van der Waals surface area contributed by atoms with Crippen molar-refractivity contribution in [1.29, 1.82) is 0 Å². The summed E-state index contributed by atoms with van der Waals surface area (Å²) in [6.45, 7) is 1.99. The zero-order valence-electron chi connectivity index (χ0n) is 17.3. The van der Waals surface area contributed by atoms with Crippen LogP contribution in [0.2, 0.25) is 0 Å². The molecule has 32 heavy (non-hydrogen) atoms. The molecule has 0 aliphatic heterocycles. The van der Waals surface area contributed by atoms with Crippen molar-refractivity contribution in [3.8, 4) is 0 Å². The Bertz CT molecular complexity index is 1340. The number of aromatic amines is 1. The van der Waals surface area contributed by atoms with E-state index in [0.717, 1.165) is 22.8 Å². The Morgan fingerprint density at radius 3 is 2.38 bits per heavy atom. The number of hydrogen-bond acceptors (Lipinski definition) is 2. The van der Waals surface area contributed by atoms with Gasteiger partial charge in [-0.3, -0.25) is 5.10 Å². The van der Waals surface area contributed by atoms with Crippen LogP contribution in [0.1, 0.15) is 35.6 Å². The van der Waals surface area contributed by atoms with Crippen LogP contribution in [0.5, 0.6) is 0 Å². The summed E-state index contributed by atoms with van der Waals surface area (Å²) in [6, 6.07) is 20.0. The van der Waals surface area contributed by atoms with Crippen LogP contribution >= 0.6 is 0 Å². The van der Waals surface area contributed by atoms with Crippen LogP contribution in [0, 0.1) is 11.8 Å². The normalized spacial score (nSPS) is 12.3. The zero-order valence-corrected chi connectivity index (χ0v) is 17.3. The monoisotopic (exact) mass is 430 g/mol. The summed E-state index contributed by atoms with van der Waals surface area (Å²) in [5.74, 6) is -2.60. The second-order valence-electron chi connectivity index (χ2n) is 7.23. The van der Waals surface area contributed by atoms with Gasteiger partial charge in [0.05, 0.1) is 10.9 Å². The average Bonchev–Trinajstić information content (AvgIpc) is 3.19. The highest BCUT2D eigenvalue weighted by atomic mass is 19.1. The summed E-state index contributed by atoms with van der Waals surface area (Å²) in [7, 11) is 0. The number of halogens is 2. The van der Waals surface area contributed by atoms with Crippen LogP contribution in [0.4, 0.5) is 8.78 Å². The molecule has 0 aliphatic rings. The molecule has 0 saturated carbocycles. The van der Waals surface area contributed by atoms with Gasteiger partial charge in [-0.05, 0) is 52.5 Å². The number of fused-ring (bicyclic) bond motifs is 1. The van der Waals surface area contributed by atoms with Crippen LogP contribution in [0.15, 0.2) is 72.8 Å². The number of H-pyrrole nitrogens is 1. The van der Waals surface area contributed by atoms with Crippen LogP contribution in [0.3, 0.4) is 0 Å². The molecule has 6 heteroatoms. The molecule has 160 valence electrons. The minimum atomic E-state index is -1.04. The highest BCUT2D eigenvalue weighted by Gasteiger charge is 2.21. The van der Waals surface area contributed by atoms with E-state index in [0.29, 0.717) is 17.6 Å². The van der Waals surface area contributed by atoms with Gasteiger partial charge < -0.3 is 5.11 Å². The first-order valence-electron chi connectivity index (χ1n) is 10.1. The lowest BCUT2D eigenvalue weighted by atomic mass is 9.87. The molecule has 0 aliphatic carbocycles. The Labute approximate surface area is 183 Å². The number of carbonyl (C=O) groups is 1. The molecule has 2 N–H and O–H groups in total. The Morgan fingerprint density at radius 2 is 1.72 bits per heavy atom. The molecule has 0 radical (unpaired) electrons. The SMILES string of the molecule is CCC(=C(c1ccc(C=CC(=O)O)cc1)c1ccc2[nH]nc(F)c2c1F)c1ccccc1. The summed E-state index contributed by atoms with van der Waals surface area (Å²) in [5.41, 5.74) is 4.48. The Morgan fingerprint density at radius 1 is 1.00 bits per heavy atom. The van der Waals surface area contributed by atoms with Gasteiger partial charge >= 0.3 is 5.97 Å². The third-order valence-corrected chi connectivity index (χ3v) is 5.29. The van der Waals surface area contributed by atoms with E-state index in [2.05, 4.69) is 10.2 Å². The lowest BCUT2D eigenvalue weighted by Crippen LogP contribution is -1.99. The van der Waals surface area contributed by atoms with E-state index in [9.17, 15) is 9.18 Å². The molecule has 4 nitrogen and oxygen atoms in total. The molecule has 0 spiro atoms. The van der Waals surface area contributed by atoms with Crippen molar-refractivity contribution in [2.24, 2.45) is 0 Å². The molecule has 0 bridgehead atoms. The summed E-state index contributed by atoms with van der Waals surface area (Å²) < 4.78 is 29.8. The second kappa shape index (κ2) is 8.98. The van der Waals surface area contributed by atoms with Gasteiger partial charge in [0, 0.05) is 11.6 Å². The molecule has 0 fully saturated rings. The number of nitrogens with one attached hydrogen (secondary N) is 1. The van der Waals surface area contributed by atoms with Gasteiger partial charge in [0.15, 0.2) is 0 Å². The van der Waals surface area contributed by atoms with Gasteiger partial charge in [0.1, 0.15) is 5.82 Å². The van der Waals surface area contributed by atoms with Crippen LogP contribution in [-0.2, 0) is 4.79 Å². The van der Waals surface area contributed by atoms with Gasteiger partial charge in [-0.15, -0.1) is 5.10 Å². The van der Waals surface area contributed by atoms with Crippen molar-refractivity contribution < 1.29 is 18.7 Å². The second-order valence-corrected chi connectivity index (χ2v) is 7.23. The van der Waals surface area contributed by atoms with Crippen molar-refractivity contribution in [1.82, 2.24) is 10.2 Å². The van der Waals surface area contributed by atoms with E-state index >= 15 is 4.39 Å². The molecule has 4 aromatic rings. The summed E-state index contributed by atoms with van der Waals surface area (Å²) in [4.78, 5) is 10.8.